The minimum Gasteiger partial charge on any atom is -0.490 e. The van der Waals surface area contributed by atoms with Gasteiger partial charge in [0.05, 0.1) is 13.2 Å². The molecular weight excluding hydrogens is 328 g/mol. The monoisotopic (exact) mass is 348 g/mol. The van der Waals surface area contributed by atoms with Crippen molar-refractivity contribution in [3.63, 3.8) is 0 Å². The van der Waals surface area contributed by atoms with Gasteiger partial charge < -0.3 is 9.47 Å². The molecule has 0 amide bonds. The molecule has 0 aliphatic carbocycles. The Balaban J connectivity index is 2.01. The number of hydrogen-bond acceptors (Lipinski definition) is 2. The van der Waals surface area contributed by atoms with Crippen molar-refractivity contribution in [2.75, 3.05) is 18.5 Å². The van der Waals surface area contributed by atoms with Gasteiger partial charge in [0.15, 0.2) is 11.5 Å². The molecule has 2 aromatic rings. The Labute approximate surface area is 135 Å². The van der Waals surface area contributed by atoms with Gasteiger partial charge in [0.2, 0.25) is 0 Å². The Kier molecular flexibility index (Phi) is 6.61. The van der Waals surface area contributed by atoms with Crippen molar-refractivity contribution < 1.29 is 9.47 Å². The van der Waals surface area contributed by atoms with Crippen molar-refractivity contribution in [2.45, 2.75) is 19.3 Å². The lowest BCUT2D eigenvalue weighted by Gasteiger charge is -2.17. The maximum absolute atomic E-state index is 5.99. The van der Waals surface area contributed by atoms with Gasteiger partial charge in [0.25, 0.3) is 0 Å². The van der Waals surface area contributed by atoms with E-state index >= 15 is 0 Å². The van der Waals surface area contributed by atoms with Crippen molar-refractivity contribution in [3.05, 3.63) is 60.2 Å². The second-order valence-corrected chi connectivity index (χ2v) is 5.52. The van der Waals surface area contributed by atoms with Gasteiger partial charge in [0, 0.05) is 11.2 Å². The highest BCUT2D eigenvalue weighted by molar-refractivity contribution is 9.09. The normalized spacial score (nSPS) is 11.9. The fourth-order valence-corrected chi connectivity index (χ4v) is 2.61. The average molecular weight is 349 g/mol. The van der Waals surface area contributed by atoms with Gasteiger partial charge in [-0.3, -0.25) is 0 Å². The number of rotatable bonds is 8. The minimum atomic E-state index is 0.324. The maximum atomic E-state index is 5.99. The van der Waals surface area contributed by atoms with Crippen LogP contribution in [0.15, 0.2) is 54.6 Å². The predicted molar refractivity (Wildman–Crippen MR) is 90.7 cm³/mol. The molecule has 2 aromatic carbocycles. The molecule has 0 fully saturated rings. The summed E-state index contributed by atoms with van der Waals surface area (Å²) in [4.78, 5) is 0. The lowest BCUT2D eigenvalue weighted by atomic mass is 10.0. The Morgan fingerprint density at radius 1 is 0.905 bits per heavy atom. The second-order valence-electron chi connectivity index (χ2n) is 4.87. The number of alkyl halides is 1. The molecule has 112 valence electrons. The van der Waals surface area contributed by atoms with Crippen LogP contribution < -0.4 is 9.47 Å². The summed E-state index contributed by atoms with van der Waals surface area (Å²) in [6, 6.07) is 18.3. The zero-order valence-electron chi connectivity index (χ0n) is 12.3. The van der Waals surface area contributed by atoms with Gasteiger partial charge in [-0.25, -0.2) is 0 Å². The smallest absolute Gasteiger partial charge is 0.161 e. The van der Waals surface area contributed by atoms with E-state index in [4.69, 9.17) is 9.47 Å². The first-order valence-electron chi connectivity index (χ1n) is 7.30. The maximum Gasteiger partial charge on any atom is 0.161 e. The van der Waals surface area contributed by atoms with Crippen LogP contribution in [0.3, 0.4) is 0 Å². The van der Waals surface area contributed by atoms with Crippen LogP contribution in [0.1, 0.15) is 24.8 Å². The van der Waals surface area contributed by atoms with Gasteiger partial charge >= 0.3 is 0 Å². The third kappa shape index (κ3) is 4.78. The summed E-state index contributed by atoms with van der Waals surface area (Å²) < 4.78 is 11.7. The van der Waals surface area contributed by atoms with E-state index in [1.165, 1.54) is 5.56 Å². The SMILES string of the molecule is CCCOc1ccccc1OCC(CBr)c1ccccc1. The third-order valence-corrected chi connectivity index (χ3v) is 3.99. The molecule has 0 aromatic heterocycles. The van der Waals surface area contributed by atoms with E-state index in [9.17, 15) is 0 Å². The highest BCUT2D eigenvalue weighted by atomic mass is 79.9. The van der Waals surface area contributed by atoms with Gasteiger partial charge in [-0.15, -0.1) is 0 Å². The lowest BCUT2D eigenvalue weighted by Crippen LogP contribution is -2.12. The van der Waals surface area contributed by atoms with Crippen molar-refractivity contribution in [2.24, 2.45) is 0 Å². The van der Waals surface area contributed by atoms with E-state index < -0.39 is 0 Å². The first kappa shape index (κ1) is 15.9. The molecule has 0 saturated carbocycles. The molecule has 0 N–H and O–H groups in total. The number of halogens is 1. The summed E-state index contributed by atoms with van der Waals surface area (Å²) in [5.41, 5.74) is 1.28. The Bertz CT molecular complexity index is 528. The van der Waals surface area contributed by atoms with Gasteiger partial charge in [-0.05, 0) is 24.1 Å². The fourth-order valence-electron chi connectivity index (χ4n) is 2.05. The van der Waals surface area contributed by atoms with Crippen LogP contribution in [0, 0.1) is 0 Å². The molecule has 2 rings (SSSR count). The standard InChI is InChI=1S/C18H21BrO2/c1-2-12-20-17-10-6-7-11-18(17)21-14-16(13-19)15-8-4-3-5-9-15/h3-11,16H,2,12-14H2,1H3. The van der Waals surface area contributed by atoms with Gasteiger partial charge in [-0.1, -0.05) is 65.3 Å². The molecular formula is C18H21BrO2. The van der Waals surface area contributed by atoms with Crippen molar-refractivity contribution in [1.29, 1.82) is 0 Å². The number of benzene rings is 2. The van der Waals surface area contributed by atoms with Crippen molar-refractivity contribution >= 4 is 15.9 Å². The van der Waals surface area contributed by atoms with Crippen molar-refractivity contribution in [3.8, 4) is 11.5 Å². The Morgan fingerprint density at radius 3 is 2.14 bits per heavy atom. The molecule has 0 radical (unpaired) electrons. The highest BCUT2D eigenvalue weighted by Crippen LogP contribution is 2.28. The van der Waals surface area contributed by atoms with Crippen LogP contribution >= 0.6 is 15.9 Å². The topological polar surface area (TPSA) is 18.5 Å². The Morgan fingerprint density at radius 2 is 1.52 bits per heavy atom. The zero-order chi connectivity index (χ0) is 14.9. The molecule has 0 heterocycles. The summed E-state index contributed by atoms with van der Waals surface area (Å²) >= 11 is 3.58. The molecule has 1 unspecified atom stereocenters. The molecule has 0 saturated heterocycles. The number of hydrogen-bond donors (Lipinski definition) is 0. The van der Waals surface area contributed by atoms with Crippen LogP contribution in [0.25, 0.3) is 0 Å². The Hall–Kier alpha value is -1.48. The van der Waals surface area contributed by atoms with Crippen LogP contribution in [-0.4, -0.2) is 18.5 Å². The van der Waals surface area contributed by atoms with Crippen LogP contribution in [-0.2, 0) is 0 Å². The largest absolute Gasteiger partial charge is 0.490 e. The molecule has 0 aliphatic heterocycles. The first-order valence-corrected chi connectivity index (χ1v) is 8.42. The fraction of sp³-hybridized carbons (Fsp3) is 0.333. The molecule has 0 aliphatic rings. The average Bonchev–Trinajstić information content (AvgIpc) is 2.55. The van der Waals surface area contributed by atoms with E-state index in [1.54, 1.807) is 0 Å². The summed E-state index contributed by atoms with van der Waals surface area (Å²) in [7, 11) is 0. The van der Waals surface area contributed by atoms with Crippen LogP contribution in [0.5, 0.6) is 11.5 Å². The van der Waals surface area contributed by atoms with Gasteiger partial charge in [0.1, 0.15) is 0 Å². The molecule has 0 bridgehead atoms. The highest BCUT2D eigenvalue weighted by Gasteiger charge is 2.12. The van der Waals surface area contributed by atoms with Crippen LogP contribution in [0.4, 0.5) is 0 Å². The van der Waals surface area contributed by atoms with E-state index in [0.717, 1.165) is 23.2 Å². The molecule has 0 spiro atoms. The summed E-state index contributed by atoms with van der Waals surface area (Å²) in [5.74, 6) is 1.96. The van der Waals surface area contributed by atoms with E-state index in [2.05, 4.69) is 47.1 Å². The second kappa shape index (κ2) is 8.73. The lowest BCUT2D eigenvalue weighted by molar-refractivity contribution is 0.259. The molecule has 1 atom stereocenters. The first-order chi connectivity index (χ1) is 10.3. The predicted octanol–water partition coefficient (Wildman–Crippen LogP) is 5.03. The van der Waals surface area contributed by atoms with E-state index in [0.29, 0.717) is 19.1 Å². The number of para-hydroxylation sites is 2. The summed E-state index contributed by atoms with van der Waals surface area (Å²) in [5, 5.41) is 0.870. The quantitative estimate of drug-likeness (QED) is 0.622. The van der Waals surface area contributed by atoms with Crippen molar-refractivity contribution in [1.82, 2.24) is 0 Å². The molecule has 21 heavy (non-hydrogen) atoms. The third-order valence-electron chi connectivity index (χ3n) is 3.21. The summed E-state index contributed by atoms with van der Waals surface area (Å²) in [6.07, 6.45) is 0.988. The number of ether oxygens (including phenoxy) is 2. The molecule has 3 heteroatoms. The zero-order valence-corrected chi connectivity index (χ0v) is 13.9. The van der Waals surface area contributed by atoms with Gasteiger partial charge in [-0.2, -0.15) is 0 Å². The van der Waals surface area contributed by atoms with E-state index in [1.807, 2.05) is 30.3 Å². The van der Waals surface area contributed by atoms with Crippen LogP contribution in [0.2, 0.25) is 0 Å². The summed E-state index contributed by atoms with van der Waals surface area (Å²) in [6.45, 7) is 3.43. The molecule has 2 nitrogen and oxygen atoms in total. The minimum absolute atomic E-state index is 0.324. The van der Waals surface area contributed by atoms with E-state index in [-0.39, 0.29) is 0 Å².